The van der Waals surface area contributed by atoms with Gasteiger partial charge < -0.3 is 11.2 Å². The normalized spacial score (nSPS) is 13.1. The molecule has 0 radical (unpaired) electrons. The van der Waals surface area contributed by atoms with E-state index in [1.54, 1.807) is 18.2 Å². The zero-order valence-corrected chi connectivity index (χ0v) is 19.0. The molecular weight excluding hydrogens is 441 g/mol. The summed E-state index contributed by atoms with van der Waals surface area (Å²) < 4.78 is 1.32. The van der Waals surface area contributed by atoms with Crippen LogP contribution in [0.3, 0.4) is 0 Å². The van der Waals surface area contributed by atoms with E-state index >= 15 is 0 Å². The van der Waals surface area contributed by atoms with Gasteiger partial charge in [-0.15, -0.1) is 10.2 Å². The van der Waals surface area contributed by atoms with Crippen molar-refractivity contribution in [2.75, 3.05) is 12.4 Å². The van der Waals surface area contributed by atoms with Gasteiger partial charge in [-0.2, -0.15) is 0 Å². The Labute approximate surface area is 190 Å². The standard InChI is InChI=1S/C21H23Cl2N5OS/c1-3-14(15-7-5-4-6-8-15)12-25-20(29)13(2)30-21-27-26-19(28(21)24)17-11-16(22)9-10-18(17)23/h4-11,13-14H,3,12,24H2,1-2H3,(H,25,29)/t13-,14-/m0/s1. The van der Waals surface area contributed by atoms with Crippen molar-refractivity contribution in [3.05, 3.63) is 64.1 Å². The van der Waals surface area contributed by atoms with Crippen LogP contribution >= 0.6 is 35.0 Å². The number of rotatable bonds is 8. The molecule has 30 heavy (non-hydrogen) atoms. The van der Waals surface area contributed by atoms with Crippen LogP contribution < -0.4 is 11.2 Å². The van der Waals surface area contributed by atoms with Gasteiger partial charge in [0.25, 0.3) is 0 Å². The average Bonchev–Trinajstić information content (AvgIpc) is 3.10. The summed E-state index contributed by atoms with van der Waals surface area (Å²) >= 11 is 13.5. The Morgan fingerprint density at radius 3 is 2.63 bits per heavy atom. The van der Waals surface area contributed by atoms with E-state index in [0.717, 1.165) is 6.42 Å². The fraction of sp³-hybridized carbons (Fsp3) is 0.286. The first-order valence-electron chi connectivity index (χ1n) is 9.56. The van der Waals surface area contributed by atoms with Crippen molar-refractivity contribution in [2.24, 2.45) is 0 Å². The molecule has 0 saturated heterocycles. The summed E-state index contributed by atoms with van der Waals surface area (Å²) in [5.41, 5.74) is 1.79. The van der Waals surface area contributed by atoms with Crippen LogP contribution in [0.15, 0.2) is 53.7 Å². The van der Waals surface area contributed by atoms with Crippen LogP contribution in [-0.4, -0.2) is 32.6 Å². The molecule has 9 heteroatoms. The van der Waals surface area contributed by atoms with Gasteiger partial charge in [-0.3, -0.25) is 4.79 Å². The van der Waals surface area contributed by atoms with E-state index < -0.39 is 5.25 Å². The van der Waals surface area contributed by atoms with Gasteiger partial charge in [0.05, 0.1) is 10.3 Å². The van der Waals surface area contributed by atoms with Gasteiger partial charge in [0.1, 0.15) is 0 Å². The minimum Gasteiger partial charge on any atom is -0.355 e. The highest BCUT2D eigenvalue weighted by atomic mass is 35.5. The number of nitrogens with zero attached hydrogens (tertiary/aromatic N) is 3. The van der Waals surface area contributed by atoms with E-state index in [2.05, 4.69) is 34.6 Å². The molecule has 0 aliphatic carbocycles. The first-order chi connectivity index (χ1) is 14.4. The van der Waals surface area contributed by atoms with Crippen LogP contribution in [-0.2, 0) is 4.79 Å². The largest absolute Gasteiger partial charge is 0.355 e. The Balaban J connectivity index is 1.64. The van der Waals surface area contributed by atoms with E-state index in [9.17, 15) is 4.79 Å². The lowest BCUT2D eigenvalue weighted by Crippen LogP contribution is -2.34. The molecule has 0 aliphatic heterocycles. The topological polar surface area (TPSA) is 85.8 Å². The van der Waals surface area contributed by atoms with Crippen molar-refractivity contribution in [1.29, 1.82) is 0 Å². The smallest absolute Gasteiger partial charge is 0.233 e. The summed E-state index contributed by atoms with van der Waals surface area (Å²) in [6.45, 7) is 4.49. The van der Waals surface area contributed by atoms with Gasteiger partial charge in [0, 0.05) is 23.0 Å². The third-order valence-electron chi connectivity index (χ3n) is 4.77. The maximum Gasteiger partial charge on any atom is 0.233 e. The van der Waals surface area contributed by atoms with Crippen LogP contribution in [0, 0.1) is 0 Å². The molecule has 3 N–H and O–H groups in total. The molecule has 2 aromatic carbocycles. The number of carbonyl (C=O) groups excluding carboxylic acids is 1. The van der Waals surface area contributed by atoms with Crippen LogP contribution in [0.2, 0.25) is 10.0 Å². The number of nitrogens with one attached hydrogen (secondary N) is 1. The third kappa shape index (κ3) is 5.28. The maximum absolute atomic E-state index is 12.6. The lowest BCUT2D eigenvalue weighted by Gasteiger charge is -2.18. The predicted molar refractivity (Wildman–Crippen MR) is 123 cm³/mol. The fourth-order valence-electron chi connectivity index (χ4n) is 3.01. The molecule has 3 aromatic rings. The monoisotopic (exact) mass is 463 g/mol. The molecule has 1 amide bonds. The number of halogens is 2. The van der Waals surface area contributed by atoms with Crippen molar-refractivity contribution in [2.45, 2.75) is 36.6 Å². The highest BCUT2D eigenvalue weighted by molar-refractivity contribution is 8.00. The molecule has 0 bridgehead atoms. The number of amides is 1. The van der Waals surface area contributed by atoms with Crippen LogP contribution in [0.4, 0.5) is 0 Å². The number of hydrogen-bond donors (Lipinski definition) is 2. The Morgan fingerprint density at radius 2 is 1.93 bits per heavy atom. The second kappa shape index (κ2) is 10.2. The van der Waals surface area contributed by atoms with Crippen molar-refractivity contribution in [3.63, 3.8) is 0 Å². The Morgan fingerprint density at radius 1 is 1.20 bits per heavy atom. The lowest BCUT2D eigenvalue weighted by atomic mass is 9.96. The number of nitrogens with two attached hydrogens (primary N) is 1. The quantitative estimate of drug-likeness (QED) is 0.371. The molecule has 3 rings (SSSR count). The van der Waals surface area contributed by atoms with Crippen molar-refractivity contribution < 1.29 is 4.79 Å². The highest BCUT2D eigenvalue weighted by Gasteiger charge is 2.21. The zero-order chi connectivity index (χ0) is 21.7. The molecule has 2 atom stereocenters. The van der Waals surface area contributed by atoms with E-state index in [4.69, 9.17) is 29.0 Å². The first kappa shape index (κ1) is 22.5. The van der Waals surface area contributed by atoms with E-state index in [0.29, 0.717) is 33.1 Å². The molecule has 0 saturated carbocycles. The molecule has 6 nitrogen and oxygen atoms in total. The fourth-order valence-corrected chi connectivity index (χ4v) is 4.18. The minimum absolute atomic E-state index is 0.0836. The molecule has 0 aliphatic rings. The van der Waals surface area contributed by atoms with Gasteiger partial charge in [-0.1, -0.05) is 72.2 Å². The molecule has 1 heterocycles. The summed E-state index contributed by atoms with van der Waals surface area (Å²) in [5.74, 6) is 6.72. The van der Waals surface area contributed by atoms with Gasteiger partial charge in [-0.25, -0.2) is 4.68 Å². The predicted octanol–water partition coefficient (Wildman–Crippen LogP) is 4.76. The third-order valence-corrected chi connectivity index (χ3v) is 6.39. The summed E-state index contributed by atoms with van der Waals surface area (Å²) in [6, 6.07) is 15.2. The zero-order valence-electron chi connectivity index (χ0n) is 16.7. The maximum atomic E-state index is 12.6. The number of hydrogen-bond acceptors (Lipinski definition) is 5. The average molecular weight is 464 g/mol. The minimum atomic E-state index is -0.396. The first-order valence-corrected chi connectivity index (χ1v) is 11.2. The second-order valence-corrected chi connectivity index (χ2v) is 8.97. The summed E-state index contributed by atoms with van der Waals surface area (Å²) in [4.78, 5) is 12.6. The van der Waals surface area contributed by atoms with E-state index in [1.807, 2.05) is 25.1 Å². The molecule has 0 fully saturated rings. The van der Waals surface area contributed by atoms with Crippen molar-refractivity contribution >= 4 is 40.9 Å². The second-order valence-electron chi connectivity index (χ2n) is 6.82. The molecular formula is C21H23Cl2N5OS. The summed E-state index contributed by atoms with van der Waals surface area (Å²) in [7, 11) is 0. The number of thioether (sulfide) groups is 1. The Bertz CT molecular complexity index is 1010. The summed E-state index contributed by atoms with van der Waals surface area (Å²) in [6.07, 6.45) is 0.937. The SMILES string of the molecule is CC[C@@H](CNC(=O)[C@H](C)Sc1nnc(-c2cc(Cl)ccc2Cl)n1N)c1ccccc1. The Hall–Kier alpha value is -2.22. The highest BCUT2D eigenvalue weighted by Crippen LogP contribution is 2.31. The van der Waals surface area contributed by atoms with Gasteiger partial charge >= 0.3 is 0 Å². The molecule has 1 aromatic heterocycles. The lowest BCUT2D eigenvalue weighted by molar-refractivity contribution is -0.120. The van der Waals surface area contributed by atoms with E-state index in [-0.39, 0.29) is 11.8 Å². The van der Waals surface area contributed by atoms with Gasteiger partial charge in [0.2, 0.25) is 11.1 Å². The van der Waals surface area contributed by atoms with Crippen LogP contribution in [0.1, 0.15) is 31.7 Å². The molecule has 0 unspecified atom stereocenters. The van der Waals surface area contributed by atoms with E-state index in [1.165, 1.54) is 22.0 Å². The van der Waals surface area contributed by atoms with Crippen LogP contribution in [0.25, 0.3) is 11.4 Å². The summed E-state index contributed by atoms with van der Waals surface area (Å²) in [5, 5.41) is 12.3. The number of benzene rings is 2. The number of aromatic nitrogens is 3. The van der Waals surface area contributed by atoms with Gasteiger partial charge in [-0.05, 0) is 37.1 Å². The molecule has 158 valence electrons. The van der Waals surface area contributed by atoms with Crippen molar-refractivity contribution in [1.82, 2.24) is 20.2 Å². The van der Waals surface area contributed by atoms with Gasteiger partial charge in [0.15, 0.2) is 5.82 Å². The Kier molecular flexibility index (Phi) is 7.64. The van der Waals surface area contributed by atoms with Crippen molar-refractivity contribution in [3.8, 4) is 11.4 Å². The van der Waals surface area contributed by atoms with Crippen LogP contribution in [0.5, 0.6) is 0 Å². The number of carbonyl (C=O) groups is 1. The number of nitrogen functional groups attached to an aromatic ring is 1. The molecule has 0 spiro atoms.